The second-order valence-electron chi connectivity index (χ2n) is 4.37. The van der Waals surface area contributed by atoms with Gasteiger partial charge in [-0.2, -0.15) is 56.5 Å². The van der Waals surface area contributed by atoms with E-state index in [1.807, 2.05) is 0 Å². The summed E-state index contributed by atoms with van der Waals surface area (Å²) in [6.07, 6.45) is 0. The maximum atomic E-state index is 12.1. The lowest BCUT2D eigenvalue weighted by atomic mass is 10.4. The number of ketones is 2. The number of nitrogens with zero attached hydrogens (tertiary/aromatic N) is 1. The molecule has 0 fully saturated rings. The fourth-order valence-corrected chi connectivity index (χ4v) is 2.68. The highest BCUT2D eigenvalue weighted by atomic mass is 32.3. The molecule has 0 aromatic rings. The summed E-state index contributed by atoms with van der Waals surface area (Å²) in [7, 11) is -24.4. The molecular weight excluding hydrogens is 562 g/mol. The summed E-state index contributed by atoms with van der Waals surface area (Å²) < 4.78 is 172. The van der Waals surface area contributed by atoms with Gasteiger partial charge in [0.25, 0.3) is 0 Å². The zero-order valence-corrected chi connectivity index (χ0v) is 17.4. The summed E-state index contributed by atoms with van der Waals surface area (Å²) >= 11 is 0. The first-order chi connectivity index (χ1) is 13.2. The van der Waals surface area contributed by atoms with Crippen LogP contribution in [0.15, 0.2) is 0 Å². The van der Waals surface area contributed by atoms with Gasteiger partial charge in [0.1, 0.15) is 11.5 Å². The minimum absolute atomic E-state index is 0. The van der Waals surface area contributed by atoms with Gasteiger partial charge in [-0.15, -0.1) is 7.77 Å². The molecule has 0 bridgehead atoms. The predicted molar refractivity (Wildman–Crippen MR) is 87.8 cm³/mol. The van der Waals surface area contributed by atoms with Gasteiger partial charge in [0, 0.05) is 6.92 Å². The van der Waals surface area contributed by atoms with Crippen LogP contribution in [0.3, 0.4) is 0 Å². The van der Waals surface area contributed by atoms with E-state index < -0.39 is 74.5 Å². The molecule has 0 aliphatic heterocycles. The number of Topliss-reactive ketones (excluding diaryl/α,β-unsaturated/α-hetero) is 2. The molecule has 11 nitrogen and oxygen atoms in total. The summed E-state index contributed by atoms with van der Waals surface area (Å²) in [5.41, 5.74) is 0. The Morgan fingerprint density at radius 3 is 1.03 bits per heavy atom. The summed E-state index contributed by atoms with van der Waals surface area (Å²) in [5.74, 6) is -9.00. The first-order valence-electron chi connectivity index (χ1n) is 6.03. The van der Waals surface area contributed by atoms with E-state index in [0.717, 1.165) is 0 Å². The largest absolute Gasteiger partial charge is 0.438 e. The molecule has 0 amide bonds. The van der Waals surface area contributed by atoms with Crippen molar-refractivity contribution < 1.29 is 76.4 Å². The zero-order chi connectivity index (χ0) is 26.3. The Morgan fingerprint density at radius 1 is 0.719 bits per heavy atom. The predicted octanol–water partition coefficient (Wildman–Crippen LogP) is 0.660. The molecule has 0 radical (unpaired) electrons. The van der Waals surface area contributed by atoms with E-state index in [-0.39, 0.29) is 7.43 Å². The van der Waals surface area contributed by atoms with E-state index in [1.54, 1.807) is 6.07 Å². The fraction of sp³-hybridized carbons (Fsp3) is 0.667. The highest BCUT2D eigenvalue weighted by Crippen LogP contribution is 2.35. The molecule has 23 heteroatoms. The van der Waals surface area contributed by atoms with Crippen molar-refractivity contribution in [2.24, 2.45) is 0 Å². The van der Waals surface area contributed by atoms with Gasteiger partial charge in [-0.05, 0) is 0 Å². The van der Waals surface area contributed by atoms with Crippen molar-refractivity contribution in [2.45, 2.75) is 24.9 Å². The molecule has 0 aromatic heterocycles. The average molecular weight is 573 g/mol. The summed E-state index contributed by atoms with van der Waals surface area (Å²) in [6.45, 7) is 1.43. The highest BCUT2D eigenvalue weighted by Gasteiger charge is 2.68. The molecule has 32 heavy (non-hydrogen) atoms. The smallest absolute Gasteiger partial charge is 0.297 e. The van der Waals surface area contributed by atoms with Gasteiger partial charge in [-0.1, -0.05) is 15.2 Å². The van der Waals surface area contributed by atoms with Crippen molar-refractivity contribution in [3.05, 3.63) is 0 Å². The van der Waals surface area contributed by atoms with Crippen LogP contribution in [0.5, 0.6) is 0 Å². The maximum absolute atomic E-state index is 12.1. The van der Waals surface area contributed by atoms with Crippen LogP contribution in [-0.2, 0) is 50.5 Å². The second-order valence-corrected chi connectivity index (χ2v) is 9.88. The molecule has 0 unspecified atom stereocenters. The average Bonchev–Trinajstić information content (AvgIpc) is 2.41. The van der Waals surface area contributed by atoms with Gasteiger partial charge in [0.05, 0.1) is 6.07 Å². The minimum Gasteiger partial charge on any atom is -0.297 e. The lowest BCUT2D eigenvalue weighted by Crippen LogP contribution is -2.49. The van der Waals surface area contributed by atoms with Crippen molar-refractivity contribution in [3.8, 4) is 6.07 Å². The number of halogens is 8. The van der Waals surface area contributed by atoms with E-state index in [1.165, 1.54) is 6.92 Å². The molecule has 0 saturated heterocycles. The van der Waals surface area contributed by atoms with E-state index in [9.17, 15) is 76.4 Å². The van der Waals surface area contributed by atoms with Crippen LogP contribution in [0.25, 0.3) is 0 Å². The molecule has 0 spiro atoms. The molecule has 192 valence electrons. The highest BCUT2D eigenvalue weighted by molar-refractivity contribution is 7.90. The molecule has 0 N–H and O–H groups in total. The Morgan fingerprint density at radius 2 is 0.906 bits per heavy atom. The Balaban J connectivity index is -0.000000218. The van der Waals surface area contributed by atoms with E-state index in [0.29, 0.717) is 0 Å². The number of carbonyl (C=O) groups excluding carboxylic acids is 2. The molecular formula is C9H11F8NO10S4. The maximum Gasteiger partial charge on any atom is 0.438 e. The Labute approximate surface area is 176 Å². The van der Waals surface area contributed by atoms with Crippen LogP contribution in [0.4, 0.5) is 33.1 Å². The fourth-order valence-electron chi connectivity index (χ4n) is 0.817. The molecule has 0 atom stereocenters. The first kappa shape index (κ1) is 37.4. The van der Waals surface area contributed by atoms with Crippen LogP contribution in [-0.4, -0.2) is 67.3 Å². The number of nitriles is 1. The van der Waals surface area contributed by atoms with Crippen LogP contribution in [0.2, 0.25) is 0 Å². The molecule has 0 rings (SSSR count). The van der Waals surface area contributed by atoms with Crippen LogP contribution < -0.4 is 0 Å². The van der Waals surface area contributed by atoms with Crippen molar-refractivity contribution in [1.82, 2.24) is 0 Å². The topological polar surface area (TPSA) is 194 Å². The molecule has 0 heterocycles. The van der Waals surface area contributed by atoms with Gasteiger partial charge >= 0.3 is 57.2 Å². The van der Waals surface area contributed by atoms with Gasteiger partial charge in [-0.25, -0.2) is 0 Å². The van der Waals surface area contributed by atoms with Crippen LogP contribution in [0, 0.1) is 11.3 Å². The third-order valence-electron chi connectivity index (χ3n) is 1.81. The number of rotatable bonds is 8. The van der Waals surface area contributed by atoms with Gasteiger partial charge in [-0.3, -0.25) is 9.59 Å². The Bertz CT molecular complexity index is 1060. The monoisotopic (exact) mass is 573 g/mol. The van der Waals surface area contributed by atoms with E-state index >= 15 is 0 Å². The molecule has 0 aliphatic rings. The van der Waals surface area contributed by atoms with Gasteiger partial charge in [0.2, 0.25) is 0 Å². The van der Waals surface area contributed by atoms with E-state index in [4.69, 9.17) is 5.26 Å². The van der Waals surface area contributed by atoms with Gasteiger partial charge in [0.15, 0.2) is 5.78 Å². The SMILES string of the molecule is C.CC#N.O=C(C(F)(F)S(=O)(=O)F)C(F)(F)S(=O)(=O)F.O=C(CS(=O)(=O)F)CS(=O)(=O)F. The Hall–Kier alpha value is -1.93. The number of hydrogen-bond acceptors (Lipinski definition) is 11. The Kier molecular flexibility index (Phi) is 14.4. The van der Waals surface area contributed by atoms with Crippen molar-refractivity contribution in [3.63, 3.8) is 0 Å². The standard InChI is InChI=1S/C3F6O5S2.C3H4F2O5S2.C2H3N.CH4/c4-2(5,15(8,11)12)1(10)3(6,7)16(9,13)14;4-11(7,8)1-3(6)2-12(5,9)10;1-2-3;/h;1-2H2;1H3;1H4. The number of alkyl halides is 4. The van der Waals surface area contributed by atoms with Crippen LogP contribution >= 0.6 is 0 Å². The van der Waals surface area contributed by atoms with Crippen molar-refractivity contribution in [2.75, 3.05) is 11.5 Å². The molecule has 0 saturated carbocycles. The third kappa shape index (κ3) is 14.2. The molecule has 0 aliphatic carbocycles. The minimum atomic E-state index is -7.14. The second kappa shape index (κ2) is 12.3. The van der Waals surface area contributed by atoms with Crippen molar-refractivity contribution >= 4 is 52.5 Å². The zero-order valence-electron chi connectivity index (χ0n) is 14.1. The number of carbonyl (C=O) groups is 2. The number of hydrogen-bond donors (Lipinski definition) is 0. The van der Waals surface area contributed by atoms with Gasteiger partial charge < -0.3 is 0 Å². The summed E-state index contributed by atoms with van der Waals surface area (Å²) in [6, 6.07) is 1.75. The van der Waals surface area contributed by atoms with Crippen LogP contribution in [0.1, 0.15) is 14.4 Å². The lowest BCUT2D eigenvalue weighted by Gasteiger charge is -2.15. The molecule has 0 aromatic carbocycles. The summed E-state index contributed by atoms with van der Waals surface area (Å²) in [5, 5.41) is -5.41. The first-order valence-corrected chi connectivity index (χ1v) is 11.9. The lowest BCUT2D eigenvalue weighted by molar-refractivity contribution is -0.149. The summed E-state index contributed by atoms with van der Waals surface area (Å²) in [4.78, 5) is 20.3. The quantitative estimate of drug-likeness (QED) is 0.292. The normalized spacial score (nSPS) is 12.5. The third-order valence-corrected chi connectivity index (χ3v) is 4.74. The van der Waals surface area contributed by atoms with Crippen molar-refractivity contribution in [1.29, 1.82) is 5.26 Å². The van der Waals surface area contributed by atoms with E-state index in [2.05, 4.69) is 0 Å².